The highest BCUT2D eigenvalue weighted by molar-refractivity contribution is 4.83. The molecule has 0 amide bonds. The smallest absolute Gasteiger partial charge is 0.0868 e. The molecule has 0 aliphatic carbocycles. The van der Waals surface area contributed by atoms with Gasteiger partial charge in [0.15, 0.2) is 0 Å². The second-order valence-corrected chi connectivity index (χ2v) is 6.10. The van der Waals surface area contributed by atoms with Crippen LogP contribution in [0.1, 0.15) is 47.0 Å². The Morgan fingerprint density at radius 3 is 2.56 bits per heavy atom. The molecule has 4 nitrogen and oxygen atoms in total. The van der Waals surface area contributed by atoms with E-state index in [4.69, 9.17) is 10.6 Å². The molecule has 2 unspecified atom stereocenters. The average Bonchev–Trinajstić information content (AvgIpc) is 2.34. The summed E-state index contributed by atoms with van der Waals surface area (Å²) >= 11 is 0. The Morgan fingerprint density at radius 1 is 1.28 bits per heavy atom. The maximum absolute atomic E-state index is 5.88. The first-order chi connectivity index (χ1) is 8.54. The Morgan fingerprint density at radius 2 is 2.00 bits per heavy atom. The van der Waals surface area contributed by atoms with Crippen molar-refractivity contribution in [3.63, 3.8) is 0 Å². The number of hydrogen-bond donors (Lipinski definition) is 2. The fourth-order valence-electron chi connectivity index (χ4n) is 2.53. The van der Waals surface area contributed by atoms with Crippen molar-refractivity contribution >= 4 is 0 Å². The van der Waals surface area contributed by atoms with Gasteiger partial charge in [-0.25, -0.2) is 0 Å². The first-order valence-corrected chi connectivity index (χ1v) is 7.36. The van der Waals surface area contributed by atoms with E-state index in [1.165, 1.54) is 12.8 Å². The number of hydrogen-bond acceptors (Lipinski definition) is 4. The summed E-state index contributed by atoms with van der Waals surface area (Å²) in [4.78, 5) is 2.47. The molecule has 1 fully saturated rings. The topological polar surface area (TPSA) is 50.5 Å². The van der Waals surface area contributed by atoms with Crippen LogP contribution in [-0.4, -0.2) is 42.8 Å². The van der Waals surface area contributed by atoms with Crippen LogP contribution in [-0.2, 0) is 4.74 Å². The highest BCUT2D eigenvalue weighted by Gasteiger charge is 2.28. The molecule has 0 aromatic rings. The van der Waals surface area contributed by atoms with E-state index in [0.29, 0.717) is 6.04 Å². The van der Waals surface area contributed by atoms with Crippen LogP contribution in [0, 0.1) is 5.92 Å². The molecule has 1 aliphatic heterocycles. The maximum atomic E-state index is 5.88. The van der Waals surface area contributed by atoms with E-state index in [0.717, 1.165) is 32.0 Å². The molecular weight excluding hydrogens is 226 g/mol. The van der Waals surface area contributed by atoms with Crippen molar-refractivity contribution in [3.05, 3.63) is 0 Å². The third kappa shape index (κ3) is 5.22. The monoisotopic (exact) mass is 257 g/mol. The summed E-state index contributed by atoms with van der Waals surface area (Å²) in [6, 6.07) is 0.871. The Hall–Kier alpha value is -0.160. The van der Waals surface area contributed by atoms with Crippen molar-refractivity contribution in [1.82, 2.24) is 10.3 Å². The molecule has 3 N–H and O–H groups in total. The average molecular weight is 257 g/mol. The van der Waals surface area contributed by atoms with Crippen LogP contribution in [0.4, 0.5) is 0 Å². The summed E-state index contributed by atoms with van der Waals surface area (Å²) in [7, 11) is 0. The van der Waals surface area contributed by atoms with E-state index in [1.807, 2.05) is 0 Å². The van der Waals surface area contributed by atoms with Crippen molar-refractivity contribution in [2.45, 2.75) is 65.1 Å². The van der Waals surface area contributed by atoms with Crippen LogP contribution in [0.5, 0.6) is 0 Å². The van der Waals surface area contributed by atoms with Gasteiger partial charge in [-0.15, -0.1) is 0 Å². The number of rotatable bonds is 7. The molecule has 18 heavy (non-hydrogen) atoms. The molecule has 1 rings (SSSR count). The van der Waals surface area contributed by atoms with Gasteiger partial charge in [0.1, 0.15) is 0 Å². The summed E-state index contributed by atoms with van der Waals surface area (Å²) in [5.74, 6) is 6.46. The van der Waals surface area contributed by atoms with E-state index in [2.05, 4.69) is 38.0 Å². The van der Waals surface area contributed by atoms with Gasteiger partial charge in [-0.2, -0.15) is 0 Å². The quantitative estimate of drug-likeness (QED) is 0.539. The van der Waals surface area contributed by atoms with Crippen molar-refractivity contribution < 1.29 is 4.74 Å². The Bertz CT molecular complexity index is 221. The van der Waals surface area contributed by atoms with E-state index in [-0.39, 0.29) is 12.1 Å². The van der Waals surface area contributed by atoms with Crippen molar-refractivity contribution in [3.8, 4) is 0 Å². The summed E-state index contributed by atoms with van der Waals surface area (Å²) in [6.07, 6.45) is 3.82. The van der Waals surface area contributed by atoms with Gasteiger partial charge in [-0.05, 0) is 26.2 Å². The third-order valence-corrected chi connectivity index (χ3v) is 3.81. The lowest BCUT2D eigenvalue weighted by atomic mass is 9.99. The molecule has 1 saturated heterocycles. The summed E-state index contributed by atoms with van der Waals surface area (Å²) in [5.41, 5.74) is 2.95. The summed E-state index contributed by atoms with van der Waals surface area (Å²) in [6.45, 7) is 11.9. The van der Waals surface area contributed by atoms with Gasteiger partial charge >= 0.3 is 0 Å². The Kier molecular flexibility index (Phi) is 7.15. The minimum Gasteiger partial charge on any atom is -0.374 e. The predicted molar refractivity (Wildman–Crippen MR) is 76.2 cm³/mol. The highest BCUT2D eigenvalue weighted by Crippen LogP contribution is 2.16. The molecule has 0 radical (unpaired) electrons. The lowest BCUT2D eigenvalue weighted by Crippen LogP contribution is -2.55. The van der Waals surface area contributed by atoms with Gasteiger partial charge in [-0.1, -0.05) is 26.7 Å². The normalized spacial score (nSPS) is 23.8. The molecule has 0 aromatic carbocycles. The summed E-state index contributed by atoms with van der Waals surface area (Å²) < 4.78 is 5.88. The minimum atomic E-state index is 0.235. The fraction of sp³-hybridized carbons (Fsp3) is 1.00. The van der Waals surface area contributed by atoms with Crippen molar-refractivity contribution in [2.24, 2.45) is 11.8 Å². The summed E-state index contributed by atoms with van der Waals surface area (Å²) in [5, 5.41) is 0. The lowest BCUT2D eigenvalue weighted by molar-refractivity contribution is -0.0569. The largest absolute Gasteiger partial charge is 0.374 e. The van der Waals surface area contributed by atoms with Crippen LogP contribution in [0.25, 0.3) is 0 Å². The number of morpholine rings is 1. The molecule has 4 heteroatoms. The van der Waals surface area contributed by atoms with Crippen molar-refractivity contribution in [1.29, 1.82) is 0 Å². The fourth-order valence-corrected chi connectivity index (χ4v) is 2.53. The molecule has 108 valence electrons. The number of ether oxygens (including phenoxy) is 1. The van der Waals surface area contributed by atoms with Crippen LogP contribution in [0.2, 0.25) is 0 Å². The number of nitrogens with zero attached hydrogens (tertiary/aromatic N) is 1. The first-order valence-electron chi connectivity index (χ1n) is 7.36. The number of nitrogens with one attached hydrogen (secondary N) is 1. The maximum Gasteiger partial charge on any atom is 0.0868 e. The number of hydrazine groups is 1. The van der Waals surface area contributed by atoms with Crippen LogP contribution in [0.3, 0.4) is 0 Å². The Labute approximate surface area is 112 Å². The molecule has 1 aliphatic rings. The standard InChI is InChI=1S/C14H31N3O/c1-11(2)6-5-7-13(16-15)14-10-17(12(3)4)8-9-18-14/h11-14,16H,5-10,15H2,1-4H3. The van der Waals surface area contributed by atoms with Gasteiger partial charge < -0.3 is 4.74 Å². The molecule has 0 bridgehead atoms. The zero-order valence-corrected chi connectivity index (χ0v) is 12.5. The highest BCUT2D eigenvalue weighted by atomic mass is 16.5. The molecular formula is C14H31N3O. The molecule has 0 aromatic heterocycles. The van der Waals surface area contributed by atoms with Gasteiger partial charge in [-0.3, -0.25) is 16.2 Å². The zero-order chi connectivity index (χ0) is 13.5. The zero-order valence-electron chi connectivity index (χ0n) is 12.5. The Balaban J connectivity index is 2.38. The van der Waals surface area contributed by atoms with Crippen LogP contribution >= 0.6 is 0 Å². The molecule has 0 saturated carbocycles. The van der Waals surface area contributed by atoms with Gasteiger partial charge in [0.2, 0.25) is 0 Å². The second kappa shape index (κ2) is 8.10. The SMILES string of the molecule is CC(C)CCCC(NN)C1CN(C(C)C)CCO1. The predicted octanol–water partition coefficient (Wildman–Crippen LogP) is 1.75. The third-order valence-electron chi connectivity index (χ3n) is 3.81. The van der Waals surface area contributed by atoms with Crippen LogP contribution < -0.4 is 11.3 Å². The van der Waals surface area contributed by atoms with Crippen molar-refractivity contribution in [2.75, 3.05) is 19.7 Å². The van der Waals surface area contributed by atoms with Gasteiger partial charge in [0.05, 0.1) is 12.7 Å². The van der Waals surface area contributed by atoms with Gasteiger partial charge in [0, 0.05) is 25.2 Å². The molecule has 0 spiro atoms. The molecule has 1 heterocycles. The lowest BCUT2D eigenvalue weighted by Gasteiger charge is -2.38. The van der Waals surface area contributed by atoms with E-state index >= 15 is 0 Å². The van der Waals surface area contributed by atoms with E-state index in [1.54, 1.807) is 0 Å². The second-order valence-electron chi connectivity index (χ2n) is 6.10. The van der Waals surface area contributed by atoms with Gasteiger partial charge in [0.25, 0.3) is 0 Å². The van der Waals surface area contributed by atoms with Crippen LogP contribution in [0.15, 0.2) is 0 Å². The first kappa shape index (κ1) is 15.9. The number of nitrogens with two attached hydrogens (primary N) is 1. The van der Waals surface area contributed by atoms with E-state index < -0.39 is 0 Å². The molecule has 2 atom stereocenters. The van der Waals surface area contributed by atoms with E-state index in [9.17, 15) is 0 Å². The minimum absolute atomic E-state index is 0.235.